The Morgan fingerprint density at radius 3 is 0.540 bits per heavy atom. The zero-order chi connectivity index (χ0) is 66.7. The predicted octanol–water partition coefficient (Wildman–Crippen LogP) is 25.9. The number of hydrogen-bond acceptors (Lipinski definition) is 2. The molecule has 0 aliphatic carbocycles. The van der Waals surface area contributed by atoms with Crippen LogP contribution >= 0.6 is 9.03 Å². The number of hydrogen-bond donors (Lipinski definition) is 0. The summed E-state index contributed by atoms with van der Waals surface area (Å²) in [6, 6.07) is 33.9. The van der Waals surface area contributed by atoms with Crippen LogP contribution in [0.3, 0.4) is 0 Å². The maximum Gasteiger partial charge on any atom is 0.275 e. The molecule has 6 rings (SSSR count). The van der Waals surface area contributed by atoms with Gasteiger partial charge in [-0.2, -0.15) is 0 Å². The molecule has 0 N–H and O–H groups in total. The quantitative estimate of drug-likeness (QED) is 0.141. The van der Waals surface area contributed by atoms with Gasteiger partial charge in [-0.1, -0.05) is 322 Å². The second-order valence-corrected chi connectivity index (χ2v) is 39.0. The molecule has 0 saturated heterocycles. The van der Waals surface area contributed by atoms with E-state index in [1.165, 1.54) is 100 Å². The monoisotopic (exact) mass is 1190 g/mol. The van der Waals surface area contributed by atoms with Crippen molar-refractivity contribution < 1.29 is 9.05 Å². The first-order chi connectivity index (χ1) is 38.8. The minimum absolute atomic E-state index is 0.0586. The summed E-state index contributed by atoms with van der Waals surface area (Å²) in [5.41, 5.74) is 23.9. The van der Waals surface area contributed by atoms with Crippen molar-refractivity contribution in [2.45, 2.75) is 314 Å². The summed E-state index contributed by atoms with van der Waals surface area (Å²) in [6.07, 6.45) is 0. The molecule has 0 aliphatic rings. The summed E-state index contributed by atoms with van der Waals surface area (Å²) in [4.78, 5) is 0. The Hall–Kier alpha value is -4.65. The average Bonchev–Trinajstić information content (AvgIpc) is 0.750. The fourth-order valence-electron chi connectivity index (χ4n) is 12.4. The molecule has 6 aromatic rings. The molecule has 0 atom stereocenters. The molecule has 0 unspecified atom stereocenters. The Balaban J connectivity index is 1.86. The van der Waals surface area contributed by atoms with Gasteiger partial charge in [0.05, 0.1) is 0 Å². The van der Waals surface area contributed by atoms with E-state index in [0.717, 1.165) is 22.6 Å². The highest BCUT2D eigenvalue weighted by molar-refractivity contribution is 7.27. The molecule has 0 spiro atoms. The first kappa shape index (κ1) is 71.4. The smallest absolute Gasteiger partial charge is 0.275 e. The lowest BCUT2D eigenvalue weighted by Crippen LogP contribution is -2.24. The Labute approximate surface area is 537 Å². The summed E-state index contributed by atoms with van der Waals surface area (Å²) in [6.45, 7) is 85.7. The van der Waals surface area contributed by atoms with Gasteiger partial charge < -0.3 is 9.05 Å². The van der Waals surface area contributed by atoms with Crippen LogP contribution in [0.2, 0.25) is 0 Å². The van der Waals surface area contributed by atoms with Crippen LogP contribution in [0.5, 0.6) is 11.5 Å². The van der Waals surface area contributed by atoms with E-state index in [9.17, 15) is 0 Å². The van der Waals surface area contributed by atoms with Gasteiger partial charge in [-0.25, -0.2) is 0 Å². The van der Waals surface area contributed by atoms with E-state index in [1.54, 1.807) is 0 Å². The third-order valence-corrected chi connectivity index (χ3v) is 18.5. The third-order valence-electron chi connectivity index (χ3n) is 17.9. The van der Waals surface area contributed by atoms with Crippen molar-refractivity contribution in [2.75, 3.05) is 0 Å². The van der Waals surface area contributed by atoms with Crippen LogP contribution < -0.4 is 9.05 Å². The lowest BCUT2D eigenvalue weighted by molar-refractivity contribution is 0.516. The number of rotatable bonds is 8. The van der Waals surface area contributed by atoms with Crippen LogP contribution in [0.1, 0.15) is 316 Å². The van der Waals surface area contributed by atoms with Crippen LogP contribution in [0, 0.1) is 0 Å². The Morgan fingerprint density at radius 2 is 0.379 bits per heavy atom. The molecule has 476 valence electrons. The van der Waals surface area contributed by atoms with Gasteiger partial charge in [0.25, 0.3) is 9.03 Å². The number of benzene rings is 6. The van der Waals surface area contributed by atoms with Crippen molar-refractivity contribution in [2.24, 2.45) is 0 Å². The van der Waals surface area contributed by atoms with Gasteiger partial charge in [0, 0.05) is 11.1 Å². The highest BCUT2D eigenvalue weighted by atomic mass is 31.1. The normalized spacial score (nSPS) is 14.0. The van der Waals surface area contributed by atoms with E-state index in [2.05, 4.69) is 334 Å². The summed E-state index contributed by atoms with van der Waals surface area (Å²) < 4.78 is 15.3. The summed E-state index contributed by atoms with van der Waals surface area (Å²) in [5, 5.41) is 0. The van der Waals surface area contributed by atoms with Crippen LogP contribution in [-0.4, -0.2) is 0 Å². The molecule has 0 heterocycles. The van der Waals surface area contributed by atoms with Crippen LogP contribution in [0.15, 0.2) is 84.9 Å². The third kappa shape index (κ3) is 15.6. The van der Waals surface area contributed by atoms with Gasteiger partial charge in [0.15, 0.2) is 0 Å². The largest absolute Gasteiger partial charge is 0.440 e. The van der Waals surface area contributed by atoms with Crippen molar-refractivity contribution >= 4 is 9.03 Å². The van der Waals surface area contributed by atoms with Gasteiger partial charge in [-0.15, -0.1) is 0 Å². The molecule has 3 heteroatoms. The molecule has 0 bridgehead atoms. The second-order valence-electron chi connectivity index (χ2n) is 38.4. The maximum absolute atomic E-state index is 7.63. The molecule has 87 heavy (non-hydrogen) atoms. The van der Waals surface area contributed by atoms with Crippen LogP contribution in [0.25, 0.3) is 44.5 Å². The molecular formula is C84H123O2P. The molecule has 0 aliphatic heterocycles. The van der Waals surface area contributed by atoms with Crippen molar-refractivity contribution in [3.8, 4) is 56.0 Å². The van der Waals surface area contributed by atoms with E-state index >= 15 is 0 Å². The summed E-state index contributed by atoms with van der Waals surface area (Å²) in [7, 11) is -0.385. The Morgan fingerprint density at radius 1 is 0.207 bits per heavy atom. The standard InChI is InChI=1S/C84H123O2P/c1-73(2,3)51-43-57(77(13,14)15)67(58(44-51)78(16,17)18)55-39-37-41-65(69(55)71-61(81(25,26)27)47-53(75(7,8)9)48-62(71)82(28,29)30)85-87-86-66-42-38-40-56(68-59(79(19,20)21)45-52(74(4,5)6)46-60(68)80(22,23)24)70(66)72-63(83(31,32)33)49-54(76(10,11)12)50-64(72)84(34,35)36/h37-50,87H,1-36H3. The van der Waals surface area contributed by atoms with Crippen molar-refractivity contribution in [1.29, 1.82) is 0 Å². The molecule has 6 aromatic carbocycles. The van der Waals surface area contributed by atoms with E-state index < -0.39 is 0 Å². The highest BCUT2D eigenvalue weighted by Crippen LogP contribution is 2.57. The molecule has 0 radical (unpaired) electrons. The van der Waals surface area contributed by atoms with E-state index in [-0.39, 0.29) is 74.0 Å². The predicted molar refractivity (Wildman–Crippen MR) is 389 cm³/mol. The molecule has 2 nitrogen and oxygen atoms in total. The van der Waals surface area contributed by atoms with Crippen molar-refractivity contribution in [3.63, 3.8) is 0 Å². The zero-order valence-electron chi connectivity index (χ0n) is 62.4. The summed E-state index contributed by atoms with van der Waals surface area (Å²) >= 11 is 0. The first-order valence-electron chi connectivity index (χ1n) is 32.9. The second kappa shape index (κ2) is 23.2. The minimum Gasteiger partial charge on any atom is -0.440 e. The highest BCUT2D eigenvalue weighted by Gasteiger charge is 2.39. The minimum atomic E-state index is -0.385. The SMILES string of the molecule is CC(C)(C)c1cc(C(C)(C)C)c(-c2cccc(OPOc3cccc(-c4c(C(C)(C)C)cc(C(C)(C)C)cc4C(C)(C)C)c3-c3c(C(C)(C)C)cc(C(C)(C)C)cc3C(C)(C)C)c2-c2c(C(C)(C)C)cc(C(C)(C)C)cc2C(C)(C)C)c(C(C)(C)C)c1. The van der Waals surface area contributed by atoms with E-state index in [1.807, 2.05) is 0 Å². The van der Waals surface area contributed by atoms with Gasteiger partial charge in [0.1, 0.15) is 11.5 Å². The van der Waals surface area contributed by atoms with Gasteiger partial charge in [-0.3, -0.25) is 0 Å². The lowest BCUT2D eigenvalue weighted by Gasteiger charge is -2.37. The topological polar surface area (TPSA) is 18.5 Å². The first-order valence-corrected chi connectivity index (χ1v) is 33.7. The van der Waals surface area contributed by atoms with E-state index in [4.69, 9.17) is 9.05 Å². The fourth-order valence-corrected chi connectivity index (χ4v) is 13.0. The zero-order valence-corrected chi connectivity index (χ0v) is 63.4. The molecular weight excluding hydrogens is 1070 g/mol. The fraction of sp³-hybridized carbons (Fsp3) is 0.571. The van der Waals surface area contributed by atoms with Crippen molar-refractivity contribution in [3.05, 3.63) is 152 Å². The molecule has 0 fully saturated rings. The van der Waals surface area contributed by atoms with Crippen molar-refractivity contribution in [1.82, 2.24) is 0 Å². The van der Waals surface area contributed by atoms with Crippen LogP contribution in [-0.2, 0) is 65.0 Å². The average molecular weight is 1200 g/mol. The van der Waals surface area contributed by atoms with Crippen LogP contribution in [0.4, 0.5) is 0 Å². The molecule has 0 aromatic heterocycles. The maximum atomic E-state index is 7.63. The van der Waals surface area contributed by atoms with Gasteiger partial charge >= 0.3 is 0 Å². The van der Waals surface area contributed by atoms with E-state index in [0.29, 0.717) is 0 Å². The molecule has 0 saturated carbocycles. The molecule has 0 amide bonds. The lowest BCUT2D eigenvalue weighted by atomic mass is 9.67. The summed E-state index contributed by atoms with van der Waals surface area (Å²) in [5.74, 6) is 1.65. The Kier molecular flexibility index (Phi) is 19.1. The van der Waals surface area contributed by atoms with Gasteiger partial charge in [-0.05, 0) is 177 Å². The van der Waals surface area contributed by atoms with Gasteiger partial charge in [0.2, 0.25) is 0 Å². The Bertz CT molecular complexity index is 3130.